The van der Waals surface area contributed by atoms with Crippen molar-refractivity contribution in [2.75, 3.05) is 19.8 Å². The fourth-order valence-electron chi connectivity index (χ4n) is 3.56. The van der Waals surface area contributed by atoms with Gasteiger partial charge in [-0.25, -0.2) is 17.2 Å². The van der Waals surface area contributed by atoms with E-state index in [1.165, 1.54) is 4.31 Å². The molecule has 0 N–H and O–H groups in total. The van der Waals surface area contributed by atoms with E-state index >= 15 is 0 Å². The minimum Gasteiger partial charge on any atom is -0.490 e. The standard InChI is InChI=1S/C19H19F2NO4S/c20-14-10-15(21)12-16(11-14)27(23,24)22-6-1-3-17(22)13-4-5-18-19(9-13)26-8-2-7-25-18/h4-5,9-12,17H,1-3,6-8H2/t17-/m0/s1. The molecule has 0 bridgehead atoms. The molecule has 4 rings (SSSR count). The maximum atomic E-state index is 13.5. The fourth-order valence-corrected chi connectivity index (χ4v) is 5.29. The van der Waals surface area contributed by atoms with Gasteiger partial charge in [0.15, 0.2) is 11.5 Å². The second-order valence-corrected chi connectivity index (χ2v) is 8.53. The number of hydrogen-bond donors (Lipinski definition) is 0. The Balaban J connectivity index is 1.69. The number of ether oxygens (including phenoxy) is 2. The summed E-state index contributed by atoms with van der Waals surface area (Å²) in [5.41, 5.74) is 0.775. The van der Waals surface area contributed by atoms with Gasteiger partial charge in [-0.1, -0.05) is 6.07 Å². The fraction of sp³-hybridized carbons (Fsp3) is 0.368. The Hall–Kier alpha value is -2.19. The first-order chi connectivity index (χ1) is 12.9. The van der Waals surface area contributed by atoms with Crippen LogP contribution < -0.4 is 9.47 Å². The Morgan fingerprint density at radius 3 is 2.37 bits per heavy atom. The van der Waals surface area contributed by atoms with Crippen LogP contribution in [-0.2, 0) is 10.0 Å². The van der Waals surface area contributed by atoms with Crippen LogP contribution in [0.15, 0.2) is 41.3 Å². The molecule has 8 heteroatoms. The van der Waals surface area contributed by atoms with Crippen molar-refractivity contribution in [3.63, 3.8) is 0 Å². The predicted molar refractivity (Wildman–Crippen MR) is 94.3 cm³/mol. The molecule has 144 valence electrons. The lowest BCUT2D eigenvalue weighted by Gasteiger charge is -2.25. The molecule has 2 heterocycles. The summed E-state index contributed by atoms with van der Waals surface area (Å²) in [4.78, 5) is -0.374. The summed E-state index contributed by atoms with van der Waals surface area (Å²) in [5, 5.41) is 0. The quantitative estimate of drug-likeness (QED) is 0.796. The summed E-state index contributed by atoms with van der Waals surface area (Å²) in [5.74, 6) is -0.610. The third kappa shape index (κ3) is 3.51. The lowest BCUT2D eigenvalue weighted by molar-refractivity contribution is 0.296. The highest BCUT2D eigenvalue weighted by Crippen LogP contribution is 2.40. The molecule has 0 amide bonds. The molecule has 2 aliphatic heterocycles. The zero-order valence-electron chi connectivity index (χ0n) is 14.5. The van der Waals surface area contributed by atoms with E-state index in [-0.39, 0.29) is 4.90 Å². The van der Waals surface area contributed by atoms with Crippen molar-refractivity contribution < 1.29 is 26.7 Å². The molecule has 1 fully saturated rings. The summed E-state index contributed by atoms with van der Waals surface area (Å²) in [7, 11) is -4.03. The first-order valence-corrected chi connectivity index (χ1v) is 10.3. The van der Waals surface area contributed by atoms with Gasteiger partial charge < -0.3 is 9.47 Å². The highest BCUT2D eigenvalue weighted by Gasteiger charge is 2.37. The van der Waals surface area contributed by atoms with E-state index in [2.05, 4.69) is 0 Å². The third-order valence-corrected chi connectivity index (χ3v) is 6.69. The van der Waals surface area contributed by atoms with Crippen LogP contribution in [0.3, 0.4) is 0 Å². The maximum Gasteiger partial charge on any atom is 0.243 e. The molecule has 2 aromatic carbocycles. The summed E-state index contributed by atoms with van der Waals surface area (Å²) in [6.07, 6.45) is 2.06. The Kier molecular flexibility index (Phi) is 4.77. The first-order valence-electron chi connectivity index (χ1n) is 8.83. The van der Waals surface area contributed by atoms with Gasteiger partial charge in [0.05, 0.1) is 24.2 Å². The van der Waals surface area contributed by atoms with Gasteiger partial charge in [0.2, 0.25) is 10.0 Å². The van der Waals surface area contributed by atoms with Gasteiger partial charge in [-0.3, -0.25) is 0 Å². The molecule has 0 saturated carbocycles. The zero-order chi connectivity index (χ0) is 19.0. The Labute approximate surface area is 156 Å². The molecule has 1 saturated heterocycles. The van der Waals surface area contributed by atoms with E-state index in [1.807, 2.05) is 6.07 Å². The molecule has 1 atom stereocenters. The Morgan fingerprint density at radius 2 is 1.63 bits per heavy atom. The van der Waals surface area contributed by atoms with Gasteiger partial charge >= 0.3 is 0 Å². The average molecular weight is 395 g/mol. The Morgan fingerprint density at radius 1 is 0.926 bits per heavy atom. The van der Waals surface area contributed by atoms with Crippen molar-refractivity contribution in [1.82, 2.24) is 4.31 Å². The van der Waals surface area contributed by atoms with Crippen LogP contribution in [0.5, 0.6) is 11.5 Å². The van der Waals surface area contributed by atoms with Crippen LogP contribution in [0, 0.1) is 11.6 Å². The minimum absolute atomic E-state index is 0.291. The van der Waals surface area contributed by atoms with Crippen molar-refractivity contribution in [3.05, 3.63) is 53.6 Å². The molecule has 27 heavy (non-hydrogen) atoms. The monoisotopic (exact) mass is 395 g/mol. The molecular formula is C19H19F2NO4S. The van der Waals surface area contributed by atoms with Crippen LogP contribution in [0.25, 0.3) is 0 Å². The highest BCUT2D eigenvalue weighted by atomic mass is 32.2. The van der Waals surface area contributed by atoms with Crippen LogP contribution >= 0.6 is 0 Å². The lowest BCUT2D eigenvalue weighted by Crippen LogP contribution is -2.30. The third-order valence-electron chi connectivity index (χ3n) is 4.80. The van der Waals surface area contributed by atoms with E-state index in [0.29, 0.717) is 50.2 Å². The van der Waals surface area contributed by atoms with Gasteiger partial charge in [0.25, 0.3) is 0 Å². The summed E-state index contributed by atoms with van der Waals surface area (Å²) in [6.45, 7) is 1.40. The average Bonchev–Trinajstić information content (AvgIpc) is 3.01. The van der Waals surface area contributed by atoms with E-state index < -0.39 is 27.7 Å². The van der Waals surface area contributed by atoms with Crippen LogP contribution in [0.4, 0.5) is 8.78 Å². The van der Waals surface area contributed by atoms with E-state index in [4.69, 9.17) is 9.47 Å². The van der Waals surface area contributed by atoms with Crippen LogP contribution in [0.2, 0.25) is 0 Å². The molecule has 5 nitrogen and oxygen atoms in total. The van der Waals surface area contributed by atoms with Crippen molar-refractivity contribution in [1.29, 1.82) is 0 Å². The van der Waals surface area contributed by atoms with Gasteiger partial charge in [-0.15, -0.1) is 0 Å². The molecule has 0 radical (unpaired) electrons. The second kappa shape index (κ2) is 7.09. The normalized spacial score (nSPS) is 20.4. The van der Waals surface area contributed by atoms with E-state index in [9.17, 15) is 17.2 Å². The SMILES string of the molecule is O=S(=O)(c1cc(F)cc(F)c1)N1CCC[C@H]1c1ccc2c(c1)OCCCO2. The van der Waals surface area contributed by atoms with E-state index in [0.717, 1.165) is 24.1 Å². The van der Waals surface area contributed by atoms with Crippen LogP contribution in [-0.4, -0.2) is 32.5 Å². The van der Waals surface area contributed by atoms with Gasteiger partial charge in [-0.2, -0.15) is 4.31 Å². The maximum absolute atomic E-state index is 13.5. The Bertz CT molecular complexity index is 944. The first kappa shape index (κ1) is 18.2. The summed E-state index contributed by atoms with van der Waals surface area (Å²) < 4.78 is 65.7. The topological polar surface area (TPSA) is 55.8 Å². The molecular weight excluding hydrogens is 376 g/mol. The smallest absolute Gasteiger partial charge is 0.243 e. The number of benzene rings is 2. The molecule has 0 aromatic heterocycles. The van der Waals surface area contributed by atoms with Gasteiger partial charge in [-0.05, 0) is 42.7 Å². The van der Waals surface area contributed by atoms with Crippen molar-refractivity contribution >= 4 is 10.0 Å². The number of nitrogens with zero attached hydrogens (tertiary/aromatic N) is 1. The molecule has 0 aliphatic carbocycles. The molecule has 0 unspecified atom stereocenters. The lowest BCUT2D eigenvalue weighted by atomic mass is 10.0. The van der Waals surface area contributed by atoms with Gasteiger partial charge in [0, 0.05) is 19.0 Å². The minimum atomic E-state index is -4.03. The number of rotatable bonds is 3. The van der Waals surface area contributed by atoms with Crippen LogP contribution in [0.1, 0.15) is 30.9 Å². The highest BCUT2D eigenvalue weighted by molar-refractivity contribution is 7.89. The van der Waals surface area contributed by atoms with Crippen molar-refractivity contribution in [3.8, 4) is 11.5 Å². The summed E-state index contributed by atoms with van der Waals surface area (Å²) >= 11 is 0. The number of hydrogen-bond acceptors (Lipinski definition) is 4. The predicted octanol–water partition coefficient (Wildman–Crippen LogP) is 3.65. The van der Waals surface area contributed by atoms with Crippen molar-refractivity contribution in [2.45, 2.75) is 30.2 Å². The zero-order valence-corrected chi connectivity index (χ0v) is 15.3. The largest absolute Gasteiger partial charge is 0.490 e. The number of halogens is 2. The number of sulfonamides is 1. The molecule has 2 aromatic rings. The van der Waals surface area contributed by atoms with Gasteiger partial charge in [0.1, 0.15) is 11.6 Å². The molecule has 2 aliphatic rings. The van der Waals surface area contributed by atoms with Crippen molar-refractivity contribution in [2.24, 2.45) is 0 Å². The van der Waals surface area contributed by atoms with E-state index in [1.54, 1.807) is 12.1 Å². The number of fused-ring (bicyclic) bond motifs is 1. The second-order valence-electron chi connectivity index (χ2n) is 6.64. The summed E-state index contributed by atoms with van der Waals surface area (Å²) in [6, 6.07) is 7.33. The molecule has 0 spiro atoms.